The van der Waals surface area contributed by atoms with E-state index in [-0.39, 0.29) is 24.0 Å². The first-order valence-corrected chi connectivity index (χ1v) is 17.8. The molecule has 14 atom stereocenters. The number of ether oxygens (including phenoxy) is 3. The van der Waals surface area contributed by atoms with Crippen molar-refractivity contribution in [2.75, 3.05) is 28.2 Å². The lowest BCUT2D eigenvalue weighted by molar-refractivity contribution is -0.420. The van der Waals surface area contributed by atoms with Crippen LogP contribution < -0.4 is 16.4 Å². The number of fused-ring (bicyclic) bond motifs is 5. The van der Waals surface area contributed by atoms with Crippen molar-refractivity contribution in [2.45, 2.75) is 98.6 Å². The molecule has 0 spiro atoms. The second kappa shape index (κ2) is 14.0. The van der Waals surface area contributed by atoms with Crippen LogP contribution in [0.3, 0.4) is 0 Å². The van der Waals surface area contributed by atoms with Gasteiger partial charge in [0.2, 0.25) is 12.1 Å². The molecule has 2 aliphatic heterocycles. The number of carbonyl (C=O) groups excluding carboxylic acids is 4. The molecule has 2 saturated carbocycles. The summed E-state index contributed by atoms with van der Waals surface area (Å²) in [5.41, 5.74) is -0.548. The summed E-state index contributed by atoms with van der Waals surface area (Å²) < 4.78 is 16.8. The number of amides is 1. The molecule has 0 bridgehead atoms. The molecule has 0 unspecified atom stereocenters. The lowest BCUT2D eigenvalue weighted by atomic mass is 9.54. The van der Waals surface area contributed by atoms with E-state index < -0.39 is 135 Å². The van der Waals surface area contributed by atoms with Crippen LogP contribution in [0.4, 0.5) is 0 Å². The summed E-state index contributed by atoms with van der Waals surface area (Å²) in [4.78, 5) is 52.2. The average molecular weight is 777 g/mol. The standard InChI is InChI=1S/C22H24N2O8.C14H24N2O7/c1-21(31)8-5-4-6-11(25)12(8)16(26)13-9(21)7-10-15(24(2)3)17(27)14(20(23)30)19(29)22(10,32)18(13)28;1-5-4-6(17)14(20)13(21-5)22-12-10(19)7(15-2)9(18)8(16-3)11(12)23-14/h4-6,9-10,15,25-26,29,31-32H,7H2,1-3H3,(H2,23,30);5,7-13,15-16,18-20H,4H2,1-3H3/t9-,10-,15-,21+,22-;5-,7-,8+,9+,10+,11-,12-,13+,14+/m01/s1. The molecule has 4 aliphatic carbocycles. The minimum absolute atomic E-state index is 0.00220. The lowest BCUT2D eigenvalue weighted by Gasteiger charge is -2.55. The number of Topliss-reactive ketones (excluding diaryl/α,β-unsaturated/α-hetero) is 3. The Bertz CT molecular complexity index is 1860. The number of aliphatic hydroxyl groups excluding tert-OH is 4. The maximum Gasteiger partial charge on any atom is 0.280 e. The minimum Gasteiger partial charge on any atom is -0.508 e. The van der Waals surface area contributed by atoms with Crippen LogP contribution in [0.1, 0.15) is 37.8 Å². The number of likely N-dealkylation sites (N-methyl/N-ethyl adjacent to an activating group) is 3. The summed E-state index contributed by atoms with van der Waals surface area (Å²) in [6, 6.07) is 1.72. The first-order valence-electron chi connectivity index (χ1n) is 17.8. The molecule has 4 fully saturated rings. The summed E-state index contributed by atoms with van der Waals surface area (Å²) in [7, 11) is 6.25. The van der Waals surface area contributed by atoms with Crippen molar-refractivity contribution >= 4 is 29.0 Å². The number of hydrogen-bond acceptors (Lipinski definition) is 18. The van der Waals surface area contributed by atoms with E-state index in [1.54, 1.807) is 21.0 Å². The van der Waals surface area contributed by atoms with E-state index in [0.717, 1.165) is 0 Å². The minimum atomic E-state index is -2.75. The lowest BCUT2D eigenvalue weighted by Crippen LogP contribution is -2.77. The smallest absolute Gasteiger partial charge is 0.280 e. The number of rotatable bonds is 4. The molecule has 0 radical (unpaired) electrons. The number of primary amides is 1. The van der Waals surface area contributed by atoms with Crippen LogP contribution in [0.15, 0.2) is 35.1 Å². The number of carbonyl (C=O) groups is 4. The Kier molecular flexibility index (Phi) is 10.4. The van der Waals surface area contributed by atoms with Crippen LogP contribution in [-0.2, 0) is 39.0 Å². The summed E-state index contributed by atoms with van der Waals surface area (Å²) in [5.74, 6) is -10.7. The summed E-state index contributed by atoms with van der Waals surface area (Å²) in [5, 5.41) is 92.1. The van der Waals surface area contributed by atoms with Crippen LogP contribution in [0.25, 0.3) is 5.76 Å². The molecule has 7 rings (SSSR count). The number of aromatic hydroxyl groups is 1. The molecule has 0 aromatic heterocycles. The monoisotopic (exact) mass is 776 g/mol. The van der Waals surface area contributed by atoms with Crippen LogP contribution in [-0.4, -0.2) is 164 Å². The number of nitrogens with zero attached hydrogens (tertiary/aromatic N) is 1. The molecule has 19 heteroatoms. The average Bonchev–Trinajstić information content (AvgIpc) is 3.09. The van der Waals surface area contributed by atoms with E-state index in [4.69, 9.17) is 19.9 Å². The van der Waals surface area contributed by atoms with Gasteiger partial charge in [-0.1, -0.05) is 12.1 Å². The third-order valence-electron chi connectivity index (χ3n) is 11.9. The van der Waals surface area contributed by atoms with Crippen molar-refractivity contribution in [3.05, 3.63) is 46.2 Å². The van der Waals surface area contributed by atoms with Gasteiger partial charge in [-0.15, -0.1) is 0 Å². The summed E-state index contributed by atoms with van der Waals surface area (Å²) >= 11 is 0. The number of phenols is 1. The number of benzene rings is 1. The molecule has 2 saturated heterocycles. The van der Waals surface area contributed by atoms with Gasteiger partial charge in [-0.25, -0.2) is 0 Å². The molecule has 1 aromatic carbocycles. The highest BCUT2D eigenvalue weighted by Gasteiger charge is 2.67. The van der Waals surface area contributed by atoms with Gasteiger partial charge in [-0.2, -0.15) is 0 Å². The third-order valence-corrected chi connectivity index (χ3v) is 11.9. The predicted molar refractivity (Wildman–Crippen MR) is 186 cm³/mol. The quantitative estimate of drug-likeness (QED) is 0.134. The zero-order valence-electron chi connectivity index (χ0n) is 31.0. The Labute approximate surface area is 315 Å². The van der Waals surface area contributed by atoms with Crippen LogP contribution in [0, 0.1) is 11.8 Å². The van der Waals surface area contributed by atoms with Gasteiger partial charge in [0.05, 0.1) is 41.5 Å². The van der Waals surface area contributed by atoms with Crippen molar-refractivity contribution in [2.24, 2.45) is 17.6 Å². The van der Waals surface area contributed by atoms with Crippen LogP contribution >= 0.6 is 0 Å². The fraction of sp³-hybridized carbons (Fsp3) is 0.611. The third kappa shape index (κ3) is 5.83. The van der Waals surface area contributed by atoms with Gasteiger partial charge < -0.3 is 71.4 Å². The van der Waals surface area contributed by atoms with Gasteiger partial charge in [0.15, 0.2) is 17.2 Å². The second-order valence-corrected chi connectivity index (χ2v) is 15.4. The number of ketones is 3. The fourth-order valence-electron chi connectivity index (χ4n) is 9.18. The van der Waals surface area contributed by atoms with Crippen molar-refractivity contribution < 1.29 is 74.2 Å². The van der Waals surface area contributed by atoms with Crippen molar-refractivity contribution in [1.29, 1.82) is 0 Å². The molecule has 12 N–H and O–H groups in total. The van der Waals surface area contributed by atoms with Crippen LogP contribution in [0.5, 0.6) is 5.75 Å². The highest BCUT2D eigenvalue weighted by Crippen LogP contribution is 2.57. The van der Waals surface area contributed by atoms with E-state index >= 15 is 0 Å². The predicted octanol–water partition coefficient (Wildman–Crippen LogP) is -3.30. The number of phenolic OH excluding ortho intramolecular Hbond substituents is 1. The molecule has 302 valence electrons. The van der Waals surface area contributed by atoms with E-state index in [9.17, 15) is 60.0 Å². The molecule has 55 heavy (non-hydrogen) atoms. The molecule has 19 nitrogen and oxygen atoms in total. The van der Waals surface area contributed by atoms with Crippen molar-refractivity contribution in [1.82, 2.24) is 15.5 Å². The van der Waals surface area contributed by atoms with E-state index in [1.807, 2.05) is 0 Å². The second-order valence-electron chi connectivity index (χ2n) is 15.4. The molecular formula is C36H48N4O15. The van der Waals surface area contributed by atoms with Crippen LogP contribution in [0.2, 0.25) is 0 Å². The molecule has 1 amide bonds. The summed E-state index contributed by atoms with van der Waals surface area (Å²) in [6.07, 6.45) is -5.78. The number of nitrogens with two attached hydrogens (primary N) is 1. The van der Waals surface area contributed by atoms with Gasteiger partial charge in [0.25, 0.3) is 11.7 Å². The maximum absolute atomic E-state index is 13.7. The van der Waals surface area contributed by atoms with E-state index in [2.05, 4.69) is 10.6 Å². The van der Waals surface area contributed by atoms with Crippen molar-refractivity contribution in [3.8, 4) is 5.75 Å². The Balaban J connectivity index is 0.000000197. The largest absolute Gasteiger partial charge is 0.508 e. The maximum atomic E-state index is 13.7. The number of hydrogen-bond donors (Lipinski definition) is 11. The van der Waals surface area contributed by atoms with Crippen molar-refractivity contribution in [3.63, 3.8) is 0 Å². The molecule has 2 heterocycles. The Morgan fingerprint density at radius 1 is 0.964 bits per heavy atom. The van der Waals surface area contributed by atoms with E-state index in [0.29, 0.717) is 0 Å². The summed E-state index contributed by atoms with van der Waals surface area (Å²) in [6.45, 7) is 3.10. The zero-order valence-corrected chi connectivity index (χ0v) is 31.0. The first-order chi connectivity index (χ1) is 25.6. The first kappa shape index (κ1) is 40.8. The van der Waals surface area contributed by atoms with Gasteiger partial charge in [0, 0.05) is 23.8 Å². The Morgan fingerprint density at radius 3 is 2.18 bits per heavy atom. The normalized spacial score (nSPS) is 42.4. The highest BCUT2D eigenvalue weighted by atomic mass is 16.8. The van der Waals surface area contributed by atoms with Gasteiger partial charge in [0.1, 0.15) is 41.2 Å². The fourth-order valence-corrected chi connectivity index (χ4v) is 9.18. The van der Waals surface area contributed by atoms with E-state index in [1.165, 1.54) is 44.1 Å². The topological polar surface area (TPSA) is 311 Å². The van der Waals surface area contributed by atoms with Gasteiger partial charge in [-0.3, -0.25) is 24.1 Å². The molecular weight excluding hydrogens is 728 g/mol. The Morgan fingerprint density at radius 2 is 1.60 bits per heavy atom. The molecule has 1 aromatic rings. The highest BCUT2D eigenvalue weighted by molar-refractivity contribution is 6.24. The van der Waals surface area contributed by atoms with Gasteiger partial charge in [-0.05, 0) is 60.1 Å². The number of aliphatic hydroxyl groups is 7. The molecule has 6 aliphatic rings. The zero-order chi connectivity index (χ0) is 40.9. The van der Waals surface area contributed by atoms with Gasteiger partial charge >= 0.3 is 0 Å². The SMILES string of the molecule is CN(C)[C@@H]1C(=O)C(C(N)=O)=C(O)[C@@]2(O)C(=O)C3=C(O)c4c(O)cccc4[C@@](C)(O)[C@H]3C[C@@H]12.CN[C@@H]1[C@H](O)[C@H](NC)[C@H]2O[C@@]3(O)C(=O)C[C@@H](C)O[C@H]3O[C@@H]2[C@H]1O. The Hall–Kier alpha value is -3.86. The number of nitrogens with one attached hydrogen (secondary N) is 2.